The average molecular weight is 589 g/mol. The van der Waals surface area contributed by atoms with Crippen molar-refractivity contribution >= 4 is 56.8 Å². The molecular weight excluding hydrogens is 556 g/mol. The number of hydrogen-bond acceptors (Lipinski definition) is 10. The van der Waals surface area contributed by atoms with Crippen LogP contribution in [0.1, 0.15) is 64.5 Å². The summed E-state index contributed by atoms with van der Waals surface area (Å²) in [6, 6.07) is 9.42. The highest BCUT2D eigenvalue weighted by Crippen LogP contribution is 2.48. The molecule has 0 saturated carbocycles. The fourth-order valence-electron chi connectivity index (χ4n) is 4.78. The number of hydroxylamine groups is 1. The number of nitrogens with one attached hydrogen (secondary N) is 2. The molecule has 5 N–H and O–H groups in total. The molecule has 1 atom stereocenters. The molecule has 1 amide bonds. The number of phenolic OH excluding ortho intramolecular Hbond substituents is 1. The van der Waals surface area contributed by atoms with Crippen LogP contribution in [0.5, 0.6) is 5.75 Å². The molecule has 1 aliphatic heterocycles. The van der Waals surface area contributed by atoms with Crippen molar-refractivity contribution in [3.8, 4) is 5.75 Å². The normalized spacial score (nSPS) is 18.8. The summed E-state index contributed by atoms with van der Waals surface area (Å²) in [6.45, 7) is 7.66. The molecule has 2 aromatic rings. The number of nitrogens with zero attached hydrogens (tertiary/aromatic N) is 2. The van der Waals surface area contributed by atoms with E-state index in [2.05, 4.69) is 23.0 Å². The minimum absolute atomic E-state index is 0.0194. The van der Waals surface area contributed by atoms with E-state index < -0.39 is 33.1 Å². The molecule has 1 heterocycles. The van der Waals surface area contributed by atoms with Gasteiger partial charge in [-0.25, -0.2) is 4.72 Å². The maximum absolute atomic E-state index is 14.0. The van der Waals surface area contributed by atoms with Crippen LogP contribution in [0, 0.1) is 5.92 Å². The molecule has 214 valence electrons. The van der Waals surface area contributed by atoms with E-state index in [1.165, 1.54) is 6.07 Å². The zero-order valence-corrected chi connectivity index (χ0v) is 24.2. The fraction of sp³-hybridized carbons (Fsp3) is 0.370. The van der Waals surface area contributed by atoms with Crippen molar-refractivity contribution in [2.45, 2.75) is 63.7 Å². The Labute approximate surface area is 237 Å². The van der Waals surface area contributed by atoms with Gasteiger partial charge in [-0.15, -0.1) is 0 Å². The van der Waals surface area contributed by atoms with Gasteiger partial charge in [0.25, 0.3) is 0 Å². The van der Waals surface area contributed by atoms with Crippen molar-refractivity contribution in [1.29, 1.82) is 0 Å². The first-order valence-electron chi connectivity index (χ1n) is 12.8. The van der Waals surface area contributed by atoms with Crippen LogP contribution in [0.15, 0.2) is 51.3 Å². The summed E-state index contributed by atoms with van der Waals surface area (Å²) in [5, 5.41) is 33.7. The first-order valence-corrected chi connectivity index (χ1v) is 15.1. The van der Waals surface area contributed by atoms with Crippen LogP contribution < -0.4 is 14.5 Å². The highest BCUT2D eigenvalue weighted by molar-refractivity contribution is 7.98. The van der Waals surface area contributed by atoms with Crippen LogP contribution in [0.4, 0.5) is 11.4 Å². The zero-order valence-electron chi connectivity index (χ0n) is 22.6. The summed E-state index contributed by atoms with van der Waals surface area (Å²) in [5.74, 6) is -1.90. The number of amidine groups is 1. The monoisotopic (exact) mass is 588 g/mol. The molecule has 1 unspecified atom stereocenters. The van der Waals surface area contributed by atoms with E-state index in [1.54, 1.807) is 25.1 Å². The Morgan fingerprint density at radius 2 is 1.90 bits per heavy atom. The number of anilines is 2. The molecule has 2 aliphatic rings. The second-order valence-electron chi connectivity index (χ2n) is 10.4. The van der Waals surface area contributed by atoms with Gasteiger partial charge in [0.05, 0.1) is 16.0 Å². The molecule has 2 aromatic carbocycles. The molecule has 0 bridgehead atoms. The first-order chi connectivity index (χ1) is 18.8. The maximum atomic E-state index is 14.0. The first kappa shape index (κ1) is 29.4. The van der Waals surface area contributed by atoms with Crippen LogP contribution in [-0.4, -0.2) is 41.4 Å². The van der Waals surface area contributed by atoms with E-state index in [1.807, 2.05) is 17.7 Å². The van der Waals surface area contributed by atoms with Crippen molar-refractivity contribution in [2.24, 2.45) is 10.3 Å². The minimum atomic E-state index is -4.28. The van der Waals surface area contributed by atoms with Crippen LogP contribution in [0.3, 0.4) is 0 Å². The minimum Gasteiger partial charge on any atom is -0.506 e. The molecule has 40 heavy (non-hydrogen) atoms. The van der Waals surface area contributed by atoms with Crippen molar-refractivity contribution in [3.05, 3.63) is 53.1 Å². The van der Waals surface area contributed by atoms with E-state index in [9.17, 15) is 33.4 Å². The number of amides is 1. The van der Waals surface area contributed by atoms with Gasteiger partial charge in [-0.3, -0.25) is 19.5 Å². The lowest BCUT2D eigenvalue weighted by atomic mass is 9.66. The number of aliphatic hydroxyl groups is 1. The molecule has 1 aliphatic carbocycles. The van der Waals surface area contributed by atoms with Gasteiger partial charge >= 0.3 is 10.2 Å². The highest BCUT2D eigenvalue weighted by Gasteiger charge is 2.47. The summed E-state index contributed by atoms with van der Waals surface area (Å²) >= 11 is 0.781. The average Bonchev–Trinajstić information content (AvgIpc) is 2.87. The van der Waals surface area contributed by atoms with Crippen molar-refractivity contribution in [1.82, 2.24) is 4.72 Å². The fourth-order valence-corrected chi connectivity index (χ4v) is 6.47. The smallest absolute Gasteiger partial charge is 0.323 e. The Morgan fingerprint density at radius 1 is 1.20 bits per heavy atom. The molecule has 0 radical (unpaired) electrons. The number of Topliss-reactive ketones (excluding diaryl/α,β-unsaturated/α-hetero) is 1. The molecule has 0 aromatic heterocycles. The quantitative estimate of drug-likeness (QED) is 0.258. The number of phenols is 1. The van der Waals surface area contributed by atoms with Crippen molar-refractivity contribution in [2.75, 3.05) is 9.79 Å². The largest absolute Gasteiger partial charge is 0.506 e. The Morgan fingerprint density at radius 3 is 2.58 bits per heavy atom. The Bertz CT molecular complexity index is 1540. The van der Waals surface area contributed by atoms with Crippen LogP contribution in [0.25, 0.3) is 5.76 Å². The van der Waals surface area contributed by atoms with Crippen LogP contribution in [-0.2, 0) is 25.2 Å². The Hall–Kier alpha value is -3.55. The lowest BCUT2D eigenvalue weighted by Crippen LogP contribution is -2.44. The van der Waals surface area contributed by atoms with Gasteiger partial charge in [0.1, 0.15) is 22.8 Å². The van der Waals surface area contributed by atoms with Gasteiger partial charge in [0.15, 0.2) is 11.6 Å². The third-order valence-corrected chi connectivity index (χ3v) is 8.64. The summed E-state index contributed by atoms with van der Waals surface area (Å²) in [5.41, 5.74) is -0.282. The summed E-state index contributed by atoms with van der Waals surface area (Å²) in [7, 11) is -4.28. The molecule has 0 saturated heterocycles. The van der Waals surface area contributed by atoms with Gasteiger partial charge in [0.2, 0.25) is 5.91 Å². The number of hydrogen-bond donors (Lipinski definition) is 5. The highest BCUT2D eigenvalue weighted by atomic mass is 32.2. The molecule has 13 heteroatoms. The number of ketones is 1. The van der Waals surface area contributed by atoms with E-state index in [4.69, 9.17) is 0 Å². The third kappa shape index (κ3) is 5.54. The van der Waals surface area contributed by atoms with Crippen molar-refractivity contribution in [3.63, 3.8) is 0 Å². The second-order valence-corrected chi connectivity index (χ2v) is 12.6. The number of fused-ring (bicyclic) bond motifs is 2. The molecular formula is C27H32N4O7S2. The van der Waals surface area contributed by atoms with Gasteiger partial charge in [-0.1, -0.05) is 45.0 Å². The number of carbonyl (C=O) groups is 2. The topological polar surface area (TPSA) is 169 Å². The van der Waals surface area contributed by atoms with Gasteiger partial charge in [0, 0.05) is 30.0 Å². The van der Waals surface area contributed by atoms with Crippen LogP contribution >= 0.6 is 11.9 Å². The van der Waals surface area contributed by atoms with E-state index in [0.717, 1.165) is 24.4 Å². The Balaban J connectivity index is 1.71. The van der Waals surface area contributed by atoms with E-state index in [0.29, 0.717) is 34.9 Å². The number of carbonyl (C=O) groups excluding carboxylic acids is 2. The lowest BCUT2D eigenvalue weighted by molar-refractivity contribution is -0.120. The number of aliphatic hydroxyl groups excluding tert-OH is 1. The SMILES string of the molecule is CCCC(=O)NS(=O)(=O)Nc1cc(O)c2c(c1)SN=C(C1=C(O)c3ccccc3C(C)(CCC(C)C)C1=O)N2O. The van der Waals surface area contributed by atoms with E-state index in [-0.39, 0.29) is 39.9 Å². The zero-order chi connectivity index (χ0) is 29.4. The number of benzene rings is 2. The number of rotatable bonds is 9. The molecule has 11 nitrogen and oxygen atoms in total. The molecule has 0 spiro atoms. The van der Waals surface area contributed by atoms with Gasteiger partial charge < -0.3 is 10.2 Å². The van der Waals surface area contributed by atoms with Crippen LogP contribution in [0.2, 0.25) is 0 Å². The lowest BCUT2D eigenvalue weighted by Gasteiger charge is -2.37. The molecule has 4 rings (SSSR count). The number of aromatic hydroxyl groups is 1. The van der Waals surface area contributed by atoms with E-state index >= 15 is 0 Å². The predicted octanol–water partition coefficient (Wildman–Crippen LogP) is 4.83. The predicted molar refractivity (Wildman–Crippen MR) is 154 cm³/mol. The van der Waals surface area contributed by atoms with Gasteiger partial charge in [-0.05, 0) is 43.7 Å². The summed E-state index contributed by atoms with van der Waals surface area (Å²) in [4.78, 5) is 25.9. The van der Waals surface area contributed by atoms with Crippen molar-refractivity contribution < 1.29 is 33.4 Å². The summed E-state index contributed by atoms with van der Waals surface area (Å²) < 4.78 is 33.0. The maximum Gasteiger partial charge on any atom is 0.323 e. The summed E-state index contributed by atoms with van der Waals surface area (Å²) in [6.07, 6.45) is 1.73. The standard InChI is InChI=1S/C27H32N4O7S2/c1-5-8-21(33)30-40(37,38)29-16-13-19(32)23-20(14-16)39-28-26(31(23)36)22-24(34)17-9-6-7-10-18(17)27(4,25(22)35)12-11-15(2)3/h6-7,9-10,13-15,29,32,34,36H,5,8,11-12H2,1-4H3,(H,30,33). The third-order valence-electron chi connectivity index (χ3n) is 6.86. The van der Waals surface area contributed by atoms with Gasteiger partial charge in [-0.2, -0.15) is 17.9 Å². The Kier molecular flexibility index (Phi) is 8.20. The molecule has 0 fully saturated rings. The second kappa shape index (κ2) is 11.1.